The fourth-order valence-electron chi connectivity index (χ4n) is 1.93. The highest BCUT2D eigenvalue weighted by atomic mass is 32.2. The van der Waals surface area contributed by atoms with Crippen molar-refractivity contribution in [2.45, 2.75) is 17.9 Å². The molecule has 20 heavy (non-hydrogen) atoms. The van der Waals surface area contributed by atoms with Gasteiger partial charge in [-0.15, -0.1) is 0 Å². The van der Waals surface area contributed by atoms with E-state index in [4.69, 9.17) is 5.26 Å². The number of benzene rings is 1. The minimum Gasteiger partial charge on any atom is -0.224 e. The van der Waals surface area contributed by atoms with Crippen LogP contribution in [-0.4, -0.2) is 28.6 Å². The molecule has 0 saturated carbocycles. The molecule has 0 aliphatic carbocycles. The van der Waals surface area contributed by atoms with Gasteiger partial charge in [-0.05, 0) is 30.7 Å². The van der Waals surface area contributed by atoms with E-state index in [0.717, 1.165) is 5.41 Å². The molecule has 1 heterocycles. The van der Waals surface area contributed by atoms with Crippen LogP contribution in [0.2, 0.25) is 0 Å². The van der Waals surface area contributed by atoms with E-state index >= 15 is 0 Å². The Hall–Kier alpha value is -1.69. The largest absolute Gasteiger partial charge is 0.241 e. The van der Waals surface area contributed by atoms with Crippen LogP contribution in [0.1, 0.15) is 11.1 Å². The molecular weight excluding hydrogens is 300 g/mol. The summed E-state index contributed by atoms with van der Waals surface area (Å²) in [6, 6.07) is 5.37. The molecule has 0 fully saturated rings. The zero-order valence-electron chi connectivity index (χ0n) is 10.6. The summed E-state index contributed by atoms with van der Waals surface area (Å²) in [5, 5.41) is 9.76. The van der Waals surface area contributed by atoms with Crippen LogP contribution in [0.15, 0.2) is 34.6 Å². The van der Waals surface area contributed by atoms with Crippen LogP contribution < -0.4 is 4.72 Å². The van der Waals surface area contributed by atoms with Crippen molar-refractivity contribution in [3.63, 3.8) is 0 Å². The second-order valence-corrected chi connectivity index (χ2v) is 8.09. The maximum atomic E-state index is 12.2. The molecule has 0 spiro atoms. The molecule has 0 bridgehead atoms. The Morgan fingerprint density at radius 3 is 2.60 bits per heavy atom. The van der Waals surface area contributed by atoms with Crippen LogP contribution in [-0.2, 0) is 19.9 Å². The van der Waals surface area contributed by atoms with Crippen molar-refractivity contribution >= 4 is 19.9 Å². The Morgan fingerprint density at radius 2 is 2.10 bits per heavy atom. The number of rotatable bonds is 3. The van der Waals surface area contributed by atoms with Gasteiger partial charge < -0.3 is 0 Å². The van der Waals surface area contributed by atoms with Gasteiger partial charge in [-0.25, -0.2) is 21.6 Å². The number of sulfone groups is 1. The number of nitrogens with one attached hydrogen (secondary N) is 1. The second kappa shape index (κ2) is 5.01. The molecule has 1 atom stereocenters. The van der Waals surface area contributed by atoms with Crippen molar-refractivity contribution in [3.8, 4) is 6.07 Å². The molecular formula is C12H12N2O4S2. The molecule has 1 aromatic rings. The lowest BCUT2D eigenvalue weighted by atomic mass is 10.2. The first kappa shape index (κ1) is 14.7. The molecule has 1 N–H and O–H groups in total. The lowest BCUT2D eigenvalue weighted by Crippen LogP contribution is -2.35. The predicted molar refractivity (Wildman–Crippen MR) is 72.9 cm³/mol. The van der Waals surface area contributed by atoms with Crippen LogP contribution in [0.5, 0.6) is 0 Å². The van der Waals surface area contributed by atoms with Gasteiger partial charge in [-0.2, -0.15) is 5.26 Å². The summed E-state index contributed by atoms with van der Waals surface area (Å²) in [5.41, 5.74) is 0.797. The Labute approximate surface area is 117 Å². The minimum atomic E-state index is -3.82. The Balaban J connectivity index is 2.29. The van der Waals surface area contributed by atoms with Crippen LogP contribution in [0.25, 0.3) is 0 Å². The first-order chi connectivity index (χ1) is 9.23. The number of aryl methyl sites for hydroxylation is 1. The predicted octanol–water partition coefficient (Wildman–Crippen LogP) is 0.456. The van der Waals surface area contributed by atoms with E-state index in [1.54, 1.807) is 6.92 Å². The molecule has 1 aromatic carbocycles. The zero-order valence-corrected chi connectivity index (χ0v) is 12.2. The number of sulfonamides is 1. The van der Waals surface area contributed by atoms with E-state index < -0.39 is 25.9 Å². The van der Waals surface area contributed by atoms with Crippen molar-refractivity contribution in [2.24, 2.45) is 0 Å². The van der Waals surface area contributed by atoms with Gasteiger partial charge in [0, 0.05) is 5.41 Å². The summed E-state index contributed by atoms with van der Waals surface area (Å²) < 4.78 is 49.2. The van der Waals surface area contributed by atoms with Gasteiger partial charge in [0.2, 0.25) is 10.0 Å². The summed E-state index contributed by atoms with van der Waals surface area (Å²) in [6.45, 7) is 1.58. The van der Waals surface area contributed by atoms with Crippen LogP contribution in [0, 0.1) is 18.3 Å². The monoisotopic (exact) mass is 312 g/mol. The number of hydrogen-bond acceptors (Lipinski definition) is 5. The second-order valence-electron chi connectivity index (χ2n) is 4.48. The van der Waals surface area contributed by atoms with Gasteiger partial charge in [0.25, 0.3) is 0 Å². The lowest BCUT2D eigenvalue weighted by Gasteiger charge is -2.12. The highest BCUT2D eigenvalue weighted by Gasteiger charge is 2.27. The lowest BCUT2D eigenvalue weighted by molar-refractivity contribution is 0.574. The summed E-state index contributed by atoms with van der Waals surface area (Å²) in [5.74, 6) is -0.276. The maximum Gasteiger partial charge on any atom is 0.241 e. The zero-order chi connectivity index (χ0) is 15.0. The summed E-state index contributed by atoms with van der Waals surface area (Å²) in [7, 11) is -7.15. The molecule has 6 nitrogen and oxygen atoms in total. The Kier molecular flexibility index (Phi) is 3.69. The molecule has 2 rings (SSSR count). The van der Waals surface area contributed by atoms with Crippen LogP contribution in [0.3, 0.4) is 0 Å². The molecule has 106 valence electrons. The number of hydrogen-bond donors (Lipinski definition) is 1. The van der Waals surface area contributed by atoms with Crippen LogP contribution >= 0.6 is 0 Å². The first-order valence-corrected chi connectivity index (χ1v) is 8.87. The quantitative estimate of drug-likeness (QED) is 0.873. The number of nitriles is 1. The standard InChI is InChI=1S/C12H12N2O4S2/c1-9-6-10(7-13)2-3-12(9)20(17,18)14-11-4-5-19(15,16)8-11/h2-6,11,14H,8H2,1H3. The molecule has 0 radical (unpaired) electrons. The van der Waals surface area contributed by atoms with Gasteiger partial charge >= 0.3 is 0 Å². The summed E-state index contributed by atoms with van der Waals surface area (Å²) in [6.07, 6.45) is 1.31. The van der Waals surface area contributed by atoms with E-state index in [-0.39, 0.29) is 10.6 Å². The highest BCUT2D eigenvalue weighted by Crippen LogP contribution is 2.18. The van der Waals surface area contributed by atoms with Crippen molar-refractivity contribution < 1.29 is 16.8 Å². The van der Waals surface area contributed by atoms with E-state index in [9.17, 15) is 16.8 Å². The third kappa shape index (κ3) is 3.07. The maximum absolute atomic E-state index is 12.2. The van der Waals surface area contributed by atoms with Crippen molar-refractivity contribution in [2.75, 3.05) is 5.75 Å². The van der Waals surface area contributed by atoms with Crippen molar-refractivity contribution in [1.29, 1.82) is 5.26 Å². The summed E-state index contributed by atoms with van der Waals surface area (Å²) >= 11 is 0. The third-order valence-electron chi connectivity index (χ3n) is 2.83. The van der Waals surface area contributed by atoms with Crippen LogP contribution in [0.4, 0.5) is 0 Å². The molecule has 8 heteroatoms. The SMILES string of the molecule is Cc1cc(C#N)ccc1S(=O)(=O)NC1C=CS(=O)(=O)C1. The van der Waals surface area contributed by atoms with Gasteiger partial charge in [0.05, 0.1) is 28.3 Å². The first-order valence-electron chi connectivity index (χ1n) is 5.67. The molecule has 0 saturated heterocycles. The van der Waals surface area contributed by atoms with Crippen molar-refractivity contribution in [1.82, 2.24) is 4.72 Å². The third-order valence-corrected chi connectivity index (χ3v) is 5.88. The average molecular weight is 312 g/mol. The molecule has 1 unspecified atom stereocenters. The average Bonchev–Trinajstić information content (AvgIpc) is 2.67. The van der Waals surface area contributed by atoms with Crippen molar-refractivity contribution in [3.05, 3.63) is 40.8 Å². The van der Waals surface area contributed by atoms with E-state index in [1.807, 2.05) is 6.07 Å². The van der Waals surface area contributed by atoms with Gasteiger partial charge in [0.15, 0.2) is 9.84 Å². The van der Waals surface area contributed by atoms with E-state index in [2.05, 4.69) is 4.72 Å². The Morgan fingerprint density at radius 1 is 1.40 bits per heavy atom. The fraction of sp³-hybridized carbons (Fsp3) is 0.250. The molecule has 1 aliphatic rings. The fourth-order valence-corrected chi connectivity index (χ4v) is 4.69. The van der Waals surface area contributed by atoms with Gasteiger partial charge in [0.1, 0.15) is 0 Å². The van der Waals surface area contributed by atoms with Gasteiger partial charge in [-0.3, -0.25) is 0 Å². The molecule has 0 amide bonds. The van der Waals surface area contributed by atoms with E-state index in [1.165, 1.54) is 24.3 Å². The van der Waals surface area contributed by atoms with Gasteiger partial charge in [-0.1, -0.05) is 6.08 Å². The molecule has 1 aliphatic heterocycles. The van der Waals surface area contributed by atoms with E-state index in [0.29, 0.717) is 11.1 Å². The normalized spacial score (nSPS) is 20.7. The smallest absolute Gasteiger partial charge is 0.224 e. The summed E-state index contributed by atoms with van der Waals surface area (Å²) in [4.78, 5) is 0.0363. The topological polar surface area (TPSA) is 104 Å². The molecule has 0 aromatic heterocycles. The highest BCUT2D eigenvalue weighted by molar-refractivity contribution is 7.94. The number of nitrogens with zero attached hydrogens (tertiary/aromatic N) is 1. The minimum absolute atomic E-state index is 0.0363. The Bertz CT molecular complexity index is 818.